The Kier molecular flexibility index (Phi) is 2.17. The van der Waals surface area contributed by atoms with Gasteiger partial charge in [0, 0.05) is 5.41 Å². The topological polar surface area (TPSA) is 17.1 Å². The second-order valence-corrected chi connectivity index (χ2v) is 3.83. The van der Waals surface area contributed by atoms with E-state index in [0.29, 0.717) is 5.78 Å². The third kappa shape index (κ3) is 1.52. The fraction of sp³-hybridized carbons (Fsp3) is 0.700. The van der Waals surface area contributed by atoms with E-state index in [2.05, 4.69) is 13.0 Å². The molecule has 1 rings (SSSR count). The lowest BCUT2D eigenvalue weighted by atomic mass is 9.78. The van der Waals surface area contributed by atoms with Crippen molar-refractivity contribution < 1.29 is 4.79 Å². The predicted octanol–water partition coefficient (Wildman–Crippen LogP) is 2.71. The maximum atomic E-state index is 11.6. The molecule has 0 bridgehead atoms. The van der Waals surface area contributed by atoms with Crippen molar-refractivity contribution in [2.24, 2.45) is 5.41 Å². The van der Waals surface area contributed by atoms with E-state index >= 15 is 0 Å². The van der Waals surface area contributed by atoms with Crippen LogP contribution in [-0.2, 0) is 4.79 Å². The summed E-state index contributed by atoms with van der Waals surface area (Å²) in [6.45, 7) is 6.11. The molecule has 0 spiro atoms. The molecule has 0 unspecified atom stereocenters. The monoisotopic (exact) mass is 152 g/mol. The van der Waals surface area contributed by atoms with Gasteiger partial charge in [0.25, 0.3) is 0 Å². The number of carbonyl (C=O) groups excluding carboxylic acids is 1. The van der Waals surface area contributed by atoms with Crippen molar-refractivity contribution in [3.63, 3.8) is 0 Å². The molecule has 0 atom stereocenters. The first-order valence-corrected chi connectivity index (χ1v) is 4.32. The normalized spacial score (nSPS) is 17.2. The summed E-state index contributed by atoms with van der Waals surface area (Å²) >= 11 is 0. The van der Waals surface area contributed by atoms with E-state index in [1.807, 2.05) is 13.8 Å². The van der Waals surface area contributed by atoms with Crippen molar-refractivity contribution in [2.45, 2.75) is 40.0 Å². The number of hydrogen-bond donors (Lipinski definition) is 0. The van der Waals surface area contributed by atoms with Crippen LogP contribution in [-0.4, -0.2) is 5.78 Å². The first-order valence-electron chi connectivity index (χ1n) is 4.32. The fourth-order valence-corrected chi connectivity index (χ4v) is 1.09. The van der Waals surface area contributed by atoms with E-state index in [-0.39, 0.29) is 5.41 Å². The maximum Gasteiger partial charge on any atom is 0.164 e. The van der Waals surface area contributed by atoms with Gasteiger partial charge in [-0.15, -0.1) is 0 Å². The van der Waals surface area contributed by atoms with Crippen LogP contribution in [0.4, 0.5) is 0 Å². The maximum absolute atomic E-state index is 11.6. The Hall–Kier alpha value is -0.590. The van der Waals surface area contributed by atoms with Crippen molar-refractivity contribution in [2.75, 3.05) is 0 Å². The molecule has 0 fully saturated rings. The molecule has 0 aromatic heterocycles. The van der Waals surface area contributed by atoms with Crippen molar-refractivity contribution >= 4 is 5.78 Å². The average molecular weight is 152 g/mol. The van der Waals surface area contributed by atoms with Crippen LogP contribution in [0.3, 0.4) is 0 Å². The van der Waals surface area contributed by atoms with E-state index in [4.69, 9.17) is 0 Å². The number of rotatable bonds is 3. The van der Waals surface area contributed by atoms with Crippen LogP contribution in [0.1, 0.15) is 40.0 Å². The van der Waals surface area contributed by atoms with Crippen molar-refractivity contribution in [1.82, 2.24) is 0 Å². The molecular formula is C10H16O. The Morgan fingerprint density at radius 1 is 1.64 bits per heavy atom. The lowest BCUT2D eigenvalue weighted by Crippen LogP contribution is -2.26. The summed E-state index contributed by atoms with van der Waals surface area (Å²) < 4.78 is 0. The van der Waals surface area contributed by atoms with Gasteiger partial charge in [-0.2, -0.15) is 0 Å². The van der Waals surface area contributed by atoms with Crippen LogP contribution in [0.5, 0.6) is 0 Å². The molecule has 0 saturated heterocycles. The van der Waals surface area contributed by atoms with Gasteiger partial charge in [0.2, 0.25) is 0 Å². The fourth-order valence-electron chi connectivity index (χ4n) is 1.09. The lowest BCUT2D eigenvalue weighted by molar-refractivity contribution is -0.123. The standard InChI is InChI=1S/C10H16O/c1-4-10(2,3)9(11)8-6-5-7-8/h6H,4-5,7H2,1-3H3. The zero-order chi connectivity index (χ0) is 8.48. The average Bonchev–Trinajstić information content (AvgIpc) is 1.84. The minimum absolute atomic E-state index is 0.133. The molecule has 0 heterocycles. The van der Waals surface area contributed by atoms with Crippen molar-refractivity contribution in [3.05, 3.63) is 11.6 Å². The van der Waals surface area contributed by atoms with Gasteiger partial charge in [-0.25, -0.2) is 0 Å². The Morgan fingerprint density at radius 3 is 2.45 bits per heavy atom. The SMILES string of the molecule is CCC(C)(C)C(=O)C1=CCC1. The molecule has 0 radical (unpaired) electrons. The van der Waals surface area contributed by atoms with Gasteiger partial charge < -0.3 is 0 Å². The zero-order valence-corrected chi connectivity index (χ0v) is 7.61. The molecule has 62 valence electrons. The minimum atomic E-state index is -0.133. The second-order valence-electron chi connectivity index (χ2n) is 3.83. The van der Waals surface area contributed by atoms with Crippen LogP contribution in [0.25, 0.3) is 0 Å². The number of carbonyl (C=O) groups is 1. The second kappa shape index (κ2) is 2.80. The zero-order valence-electron chi connectivity index (χ0n) is 7.61. The van der Waals surface area contributed by atoms with Gasteiger partial charge in [-0.05, 0) is 24.8 Å². The van der Waals surface area contributed by atoms with Gasteiger partial charge in [-0.1, -0.05) is 26.8 Å². The third-order valence-corrected chi connectivity index (χ3v) is 2.59. The molecular weight excluding hydrogens is 136 g/mol. The number of hydrogen-bond acceptors (Lipinski definition) is 1. The molecule has 11 heavy (non-hydrogen) atoms. The Bertz CT molecular complexity index is 199. The van der Waals surface area contributed by atoms with Crippen LogP contribution in [0, 0.1) is 5.41 Å². The highest BCUT2D eigenvalue weighted by atomic mass is 16.1. The molecule has 0 saturated carbocycles. The van der Waals surface area contributed by atoms with Crippen LogP contribution in [0.2, 0.25) is 0 Å². The lowest BCUT2D eigenvalue weighted by Gasteiger charge is -2.25. The summed E-state index contributed by atoms with van der Waals surface area (Å²) in [5, 5.41) is 0. The number of ketones is 1. The Labute approximate surface area is 68.5 Å². The molecule has 0 N–H and O–H groups in total. The smallest absolute Gasteiger partial charge is 0.164 e. The van der Waals surface area contributed by atoms with Gasteiger partial charge >= 0.3 is 0 Å². The molecule has 0 aromatic rings. The molecule has 0 aliphatic heterocycles. The summed E-state index contributed by atoms with van der Waals surface area (Å²) in [5.74, 6) is 0.353. The van der Waals surface area contributed by atoms with Crippen molar-refractivity contribution in [3.8, 4) is 0 Å². The molecule has 1 aliphatic rings. The minimum Gasteiger partial charge on any atom is -0.294 e. The summed E-state index contributed by atoms with van der Waals surface area (Å²) in [6.07, 6.45) is 5.09. The van der Waals surface area contributed by atoms with Crippen LogP contribution in [0.15, 0.2) is 11.6 Å². The van der Waals surface area contributed by atoms with E-state index < -0.39 is 0 Å². The highest BCUT2D eigenvalue weighted by molar-refractivity contribution is 6.00. The van der Waals surface area contributed by atoms with Gasteiger partial charge in [0.05, 0.1) is 0 Å². The molecule has 0 amide bonds. The van der Waals surface area contributed by atoms with Gasteiger partial charge in [0.15, 0.2) is 5.78 Å². The van der Waals surface area contributed by atoms with E-state index in [1.54, 1.807) is 0 Å². The highest BCUT2D eigenvalue weighted by Crippen LogP contribution is 2.30. The highest BCUT2D eigenvalue weighted by Gasteiger charge is 2.29. The number of allylic oxidation sites excluding steroid dienone is 2. The van der Waals surface area contributed by atoms with Gasteiger partial charge in [-0.3, -0.25) is 4.79 Å². The summed E-state index contributed by atoms with van der Waals surface area (Å²) in [7, 11) is 0. The predicted molar refractivity (Wildman–Crippen MR) is 46.4 cm³/mol. The summed E-state index contributed by atoms with van der Waals surface area (Å²) in [4.78, 5) is 11.6. The Balaban J connectivity index is 2.67. The molecule has 0 aromatic carbocycles. The van der Waals surface area contributed by atoms with Crippen molar-refractivity contribution in [1.29, 1.82) is 0 Å². The quantitative estimate of drug-likeness (QED) is 0.607. The first-order chi connectivity index (χ1) is 5.08. The number of Topliss-reactive ketones (excluding diaryl/α,β-unsaturated/α-hetero) is 1. The van der Waals surface area contributed by atoms with E-state index in [1.165, 1.54) is 0 Å². The van der Waals surface area contributed by atoms with Crippen LogP contribution < -0.4 is 0 Å². The molecule has 1 heteroatoms. The van der Waals surface area contributed by atoms with Crippen LogP contribution >= 0.6 is 0 Å². The molecule has 1 nitrogen and oxygen atoms in total. The Morgan fingerprint density at radius 2 is 2.18 bits per heavy atom. The largest absolute Gasteiger partial charge is 0.294 e. The van der Waals surface area contributed by atoms with Gasteiger partial charge in [0.1, 0.15) is 0 Å². The first kappa shape index (κ1) is 8.51. The summed E-state index contributed by atoms with van der Waals surface area (Å²) in [6, 6.07) is 0. The summed E-state index contributed by atoms with van der Waals surface area (Å²) in [5.41, 5.74) is 0.920. The van der Waals surface area contributed by atoms with E-state index in [9.17, 15) is 4.79 Å². The van der Waals surface area contributed by atoms with E-state index in [0.717, 1.165) is 24.8 Å². The molecule has 1 aliphatic carbocycles. The third-order valence-electron chi connectivity index (χ3n) is 2.59.